The van der Waals surface area contributed by atoms with E-state index >= 15 is 0 Å². The van der Waals surface area contributed by atoms with E-state index in [1.807, 2.05) is 7.05 Å². The Morgan fingerprint density at radius 1 is 1.16 bits per heavy atom. The van der Waals surface area contributed by atoms with Crippen molar-refractivity contribution in [2.24, 2.45) is 0 Å². The lowest BCUT2D eigenvalue weighted by Crippen LogP contribution is -2.17. The number of halogens is 1. The maximum atomic E-state index is 4.52. The quantitative estimate of drug-likeness (QED) is 0.914. The molecule has 3 rings (SSSR count). The highest BCUT2D eigenvalue weighted by atomic mass is 79.9. The molecule has 1 aliphatic heterocycles. The Bertz CT molecular complexity index is 518. The average Bonchev–Trinajstić information content (AvgIpc) is 3.10. The molecule has 2 aromatic rings. The minimum atomic E-state index is 0. The zero-order valence-corrected chi connectivity index (χ0v) is 13.5. The van der Waals surface area contributed by atoms with Crippen LogP contribution in [-0.2, 0) is 0 Å². The third kappa shape index (κ3) is 3.09. The normalized spacial score (nSPS) is 14.3. The summed E-state index contributed by atoms with van der Waals surface area (Å²) in [5.74, 6) is 0. The highest BCUT2D eigenvalue weighted by Gasteiger charge is 2.12. The fourth-order valence-electron chi connectivity index (χ4n) is 2.34. The molecule has 1 fully saturated rings. The standard InChI is InChI=1S/C14H17N3S.BrH/c1-15-14-16-13(10-18-14)11-4-6-12(7-5-11)17-8-2-3-9-17;/h4-7,10H,2-3,8-9H2,1H3,(H,15,16);1H. The predicted octanol–water partition coefficient (Wildman–Crippen LogP) is 4.03. The maximum Gasteiger partial charge on any atom is 0.182 e. The fourth-order valence-corrected chi connectivity index (χ4v) is 3.02. The molecule has 5 heteroatoms. The molecule has 0 aliphatic carbocycles. The summed E-state index contributed by atoms with van der Waals surface area (Å²) in [5.41, 5.74) is 3.58. The molecule has 102 valence electrons. The molecule has 1 aromatic carbocycles. The van der Waals surface area contributed by atoms with E-state index in [1.165, 1.54) is 37.2 Å². The van der Waals surface area contributed by atoms with Gasteiger partial charge in [0.2, 0.25) is 0 Å². The summed E-state index contributed by atoms with van der Waals surface area (Å²) in [7, 11) is 1.90. The van der Waals surface area contributed by atoms with Crippen LogP contribution in [0, 0.1) is 0 Å². The molecule has 2 heterocycles. The van der Waals surface area contributed by atoms with Crippen molar-refractivity contribution in [1.82, 2.24) is 4.98 Å². The number of nitrogens with zero attached hydrogens (tertiary/aromatic N) is 2. The molecular weight excluding hydrogens is 322 g/mol. The molecule has 0 radical (unpaired) electrons. The van der Waals surface area contributed by atoms with Crippen molar-refractivity contribution in [2.45, 2.75) is 12.8 Å². The Morgan fingerprint density at radius 2 is 1.84 bits per heavy atom. The van der Waals surface area contributed by atoms with Crippen LogP contribution in [0.25, 0.3) is 11.3 Å². The lowest BCUT2D eigenvalue weighted by atomic mass is 10.1. The van der Waals surface area contributed by atoms with Crippen LogP contribution in [0.2, 0.25) is 0 Å². The van der Waals surface area contributed by atoms with Crippen LogP contribution in [0.15, 0.2) is 29.6 Å². The number of rotatable bonds is 3. The molecule has 0 spiro atoms. The van der Waals surface area contributed by atoms with Crippen LogP contribution in [0.1, 0.15) is 12.8 Å². The first kappa shape index (κ1) is 14.3. The van der Waals surface area contributed by atoms with Crippen LogP contribution >= 0.6 is 28.3 Å². The SMILES string of the molecule is Br.CNc1nc(-c2ccc(N3CCCC3)cc2)cs1. The van der Waals surface area contributed by atoms with E-state index in [0.717, 1.165) is 10.8 Å². The summed E-state index contributed by atoms with van der Waals surface area (Å²) in [4.78, 5) is 6.97. The minimum absolute atomic E-state index is 0. The molecule has 19 heavy (non-hydrogen) atoms. The zero-order chi connectivity index (χ0) is 12.4. The van der Waals surface area contributed by atoms with Gasteiger partial charge in [0.15, 0.2) is 5.13 Å². The van der Waals surface area contributed by atoms with Crippen molar-refractivity contribution in [3.05, 3.63) is 29.6 Å². The lowest BCUT2D eigenvalue weighted by molar-refractivity contribution is 0.949. The summed E-state index contributed by atoms with van der Waals surface area (Å²) >= 11 is 1.64. The number of aromatic nitrogens is 1. The summed E-state index contributed by atoms with van der Waals surface area (Å²) in [6.45, 7) is 2.39. The smallest absolute Gasteiger partial charge is 0.182 e. The monoisotopic (exact) mass is 339 g/mol. The molecule has 0 saturated carbocycles. The third-order valence-corrected chi connectivity index (χ3v) is 4.21. The number of benzene rings is 1. The van der Waals surface area contributed by atoms with Gasteiger partial charge in [0.25, 0.3) is 0 Å². The van der Waals surface area contributed by atoms with Gasteiger partial charge in [0.05, 0.1) is 5.69 Å². The minimum Gasteiger partial charge on any atom is -0.372 e. The molecule has 1 saturated heterocycles. The van der Waals surface area contributed by atoms with Gasteiger partial charge < -0.3 is 10.2 Å². The first-order valence-corrected chi connectivity index (χ1v) is 7.23. The highest BCUT2D eigenvalue weighted by Crippen LogP contribution is 2.27. The molecule has 0 atom stereocenters. The Morgan fingerprint density at radius 3 is 2.42 bits per heavy atom. The second kappa shape index (κ2) is 6.39. The van der Waals surface area contributed by atoms with E-state index in [4.69, 9.17) is 0 Å². The molecule has 1 aliphatic rings. The first-order valence-electron chi connectivity index (χ1n) is 6.35. The van der Waals surface area contributed by atoms with Crippen molar-refractivity contribution in [3.63, 3.8) is 0 Å². The lowest BCUT2D eigenvalue weighted by Gasteiger charge is -2.17. The van der Waals surface area contributed by atoms with Crippen LogP contribution < -0.4 is 10.2 Å². The Hall–Kier alpha value is -1.07. The number of hydrogen-bond acceptors (Lipinski definition) is 4. The van der Waals surface area contributed by atoms with Gasteiger partial charge in [-0.2, -0.15) is 0 Å². The molecular formula is C14H18BrN3S. The number of thiazole rings is 1. The molecule has 0 amide bonds. The maximum absolute atomic E-state index is 4.52. The van der Waals surface area contributed by atoms with Crippen molar-refractivity contribution in [3.8, 4) is 11.3 Å². The summed E-state index contributed by atoms with van der Waals surface area (Å²) in [6.07, 6.45) is 2.64. The molecule has 1 aromatic heterocycles. The average molecular weight is 340 g/mol. The van der Waals surface area contributed by atoms with Gasteiger partial charge in [-0.1, -0.05) is 12.1 Å². The van der Waals surface area contributed by atoms with E-state index < -0.39 is 0 Å². The van der Waals surface area contributed by atoms with Gasteiger partial charge in [-0.25, -0.2) is 4.98 Å². The topological polar surface area (TPSA) is 28.2 Å². The van der Waals surface area contributed by atoms with E-state index in [2.05, 4.69) is 44.8 Å². The van der Waals surface area contributed by atoms with Gasteiger partial charge in [-0.15, -0.1) is 28.3 Å². The van der Waals surface area contributed by atoms with Gasteiger partial charge in [-0.3, -0.25) is 0 Å². The molecule has 3 nitrogen and oxygen atoms in total. The van der Waals surface area contributed by atoms with Crippen molar-refractivity contribution >= 4 is 39.1 Å². The summed E-state index contributed by atoms with van der Waals surface area (Å²) in [6, 6.07) is 8.75. The number of anilines is 2. The van der Waals surface area contributed by atoms with Gasteiger partial charge in [-0.05, 0) is 25.0 Å². The third-order valence-electron chi connectivity index (χ3n) is 3.35. The second-order valence-corrected chi connectivity index (χ2v) is 5.39. The Balaban J connectivity index is 0.00000133. The fraction of sp³-hybridized carbons (Fsp3) is 0.357. The second-order valence-electron chi connectivity index (χ2n) is 4.53. The molecule has 0 unspecified atom stereocenters. The number of hydrogen-bond donors (Lipinski definition) is 1. The van der Waals surface area contributed by atoms with Gasteiger partial charge in [0, 0.05) is 36.8 Å². The van der Waals surface area contributed by atoms with Gasteiger partial charge in [0.1, 0.15) is 0 Å². The van der Waals surface area contributed by atoms with Crippen LogP contribution in [-0.4, -0.2) is 25.1 Å². The largest absolute Gasteiger partial charge is 0.372 e. The van der Waals surface area contributed by atoms with Crippen molar-refractivity contribution in [1.29, 1.82) is 0 Å². The Kier molecular flexibility index (Phi) is 4.82. The van der Waals surface area contributed by atoms with E-state index in [0.29, 0.717) is 0 Å². The zero-order valence-electron chi connectivity index (χ0n) is 10.9. The molecule has 0 bridgehead atoms. The predicted molar refractivity (Wildman–Crippen MR) is 88.9 cm³/mol. The summed E-state index contributed by atoms with van der Waals surface area (Å²) in [5, 5.41) is 6.13. The summed E-state index contributed by atoms with van der Waals surface area (Å²) < 4.78 is 0. The molecule has 1 N–H and O–H groups in total. The number of nitrogens with one attached hydrogen (secondary N) is 1. The first-order chi connectivity index (χ1) is 8.86. The van der Waals surface area contributed by atoms with E-state index in [1.54, 1.807) is 11.3 Å². The van der Waals surface area contributed by atoms with Gasteiger partial charge >= 0.3 is 0 Å². The van der Waals surface area contributed by atoms with Crippen LogP contribution in [0.3, 0.4) is 0 Å². The van der Waals surface area contributed by atoms with Crippen LogP contribution in [0.4, 0.5) is 10.8 Å². The Labute approximate surface area is 128 Å². The van der Waals surface area contributed by atoms with Crippen LogP contribution in [0.5, 0.6) is 0 Å². The highest BCUT2D eigenvalue weighted by molar-refractivity contribution is 8.93. The van der Waals surface area contributed by atoms with Crippen molar-refractivity contribution in [2.75, 3.05) is 30.4 Å². The van der Waals surface area contributed by atoms with E-state index in [9.17, 15) is 0 Å². The van der Waals surface area contributed by atoms with E-state index in [-0.39, 0.29) is 17.0 Å². The van der Waals surface area contributed by atoms with Crippen molar-refractivity contribution < 1.29 is 0 Å².